The van der Waals surface area contributed by atoms with Crippen molar-refractivity contribution in [3.05, 3.63) is 64.9 Å². The van der Waals surface area contributed by atoms with Crippen molar-refractivity contribution >= 4 is 35.1 Å². The van der Waals surface area contributed by atoms with Crippen LogP contribution in [-0.2, 0) is 28.9 Å². The van der Waals surface area contributed by atoms with Crippen molar-refractivity contribution in [2.45, 2.75) is 119 Å². The summed E-state index contributed by atoms with van der Waals surface area (Å²) < 4.78 is 7.80. The largest absolute Gasteiger partial charge is 0.444 e. The van der Waals surface area contributed by atoms with E-state index in [4.69, 9.17) is 15.1 Å². The maximum absolute atomic E-state index is 12.4. The average molecular weight is 724 g/mol. The summed E-state index contributed by atoms with van der Waals surface area (Å²) in [6.07, 6.45) is 11.0. The van der Waals surface area contributed by atoms with Gasteiger partial charge in [0, 0.05) is 74.1 Å². The standard InChI is InChI=1S/C43H61N7O3/c1-11-50-39-15-12-30(38-26-45-25-31(46-38)21-32(27-51)47-41(52)53-43(8,9)10)20-36(39)37(23-42(5,6)7)40(50)35(29(4)28(2)3)22-34(24-44)49-18-16-48(17-19-49)33-13-14-33/h12,15,20,22,24-28,32-33,44H,11,13-14,16-19,21,23H2,1-10H3,(H,47,52)/b34-22+,35-29?,44-24?. The van der Waals surface area contributed by atoms with Crippen LogP contribution in [0.1, 0.15) is 99.0 Å². The number of piperazine rings is 1. The van der Waals surface area contributed by atoms with Gasteiger partial charge in [0.05, 0.1) is 35.0 Å². The van der Waals surface area contributed by atoms with Crippen LogP contribution in [0.25, 0.3) is 27.7 Å². The molecule has 2 aliphatic rings. The number of nitrogens with one attached hydrogen (secondary N) is 2. The molecule has 1 aliphatic heterocycles. The first-order valence-corrected chi connectivity index (χ1v) is 19.3. The maximum atomic E-state index is 12.4. The number of carbonyl (C=O) groups excluding carboxylic acids is 2. The molecular formula is C43H61N7O3. The second-order valence-corrected chi connectivity index (χ2v) is 17.2. The Bertz CT molecular complexity index is 1860. The molecule has 0 bridgehead atoms. The molecule has 1 saturated heterocycles. The van der Waals surface area contributed by atoms with E-state index < -0.39 is 17.7 Å². The fourth-order valence-electron chi connectivity index (χ4n) is 7.23. The zero-order valence-electron chi connectivity index (χ0n) is 33.7. The summed E-state index contributed by atoms with van der Waals surface area (Å²) in [7, 11) is 0. The minimum atomic E-state index is -0.799. The fraction of sp³-hybridized carbons (Fsp3) is 0.558. The number of hydrogen-bond donors (Lipinski definition) is 2. The van der Waals surface area contributed by atoms with Crippen LogP contribution in [-0.4, -0.2) is 86.8 Å². The van der Waals surface area contributed by atoms with Crippen LogP contribution in [0.15, 0.2) is 47.9 Å². The summed E-state index contributed by atoms with van der Waals surface area (Å²) in [5.41, 5.74) is 8.69. The molecular weight excluding hydrogens is 663 g/mol. The van der Waals surface area contributed by atoms with Gasteiger partial charge in [0.2, 0.25) is 0 Å². The summed E-state index contributed by atoms with van der Waals surface area (Å²) in [4.78, 5) is 38.7. The number of ether oxygens (including phenoxy) is 1. The summed E-state index contributed by atoms with van der Waals surface area (Å²) >= 11 is 0. The molecule has 0 spiro atoms. The molecule has 1 amide bonds. The predicted octanol–water partition coefficient (Wildman–Crippen LogP) is 8.08. The van der Waals surface area contributed by atoms with E-state index in [1.54, 1.807) is 39.4 Å². The number of aldehydes is 1. The van der Waals surface area contributed by atoms with Gasteiger partial charge >= 0.3 is 6.09 Å². The number of amides is 1. The summed E-state index contributed by atoms with van der Waals surface area (Å²) in [5.74, 6) is 0.319. The smallest absolute Gasteiger partial charge is 0.408 e. The maximum Gasteiger partial charge on any atom is 0.408 e. The Morgan fingerprint density at radius 2 is 1.77 bits per heavy atom. The average Bonchev–Trinajstić information content (AvgIpc) is 3.91. The van der Waals surface area contributed by atoms with Crippen molar-refractivity contribution in [2.24, 2.45) is 11.3 Å². The first kappa shape index (κ1) is 39.9. The topological polar surface area (TPSA) is 116 Å². The molecule has 1 saturated carbocycles. The van der Waals surface area contributed by atoms with E-state index in [0.717, 1.165) is 62.0 Å². The second kappa shape index (κ2) is 16.4. The molecule has 1 atom stereocenters. The Balaban J connectivity index is 1.58. The lowest BCUT2D eigenvalue weighted by molar-refractivity contribution is -0.109. The molecule has 0 radical (unpaired) electrons. The third-order valence-electron chi connectivity index (χ3n) is 10.2. The third-order valence-corrected chi connectivity index (χ3v) is 10.2. The molecule has 286 valence electrons. The molecule has 1 unspecified atom stereocenters. The zero-order valence-corrected chi connectivity index (χ0v) is 33.7. The molecule has 3 heterocycles. The Labute approximate surface area is 316 Å². The van der Waals surface area contributed by atoms with Crippen LogP contribution in [0, 0.1) is 16.7 Å². The van der Waals surface area contributed by atoms with Crippen LogP contribution in [0.2, 0.25) is 0 Å². The van der Waals surface area contributed by atoms with E-state index in [2.05, 4.69) is 97.4 Å². The minimum absolute atomic E-state index is 0.00634. The van der Waals surface area contributed by atoms with E-state index in [0.29, 0.717) is 23.6 Å². The van der Waals surface area contributed by atoms with Crippen LogP contribution >= 0.6 is 0 Å². The highest BCUT2D eigenvalue weighted by Crippen LogP contribution is 2.40. The summed E-state index contributed by atoms with van der Waals surface area (Å²) in [5, 5.41) is 12.4. The second-order valence-electron chi connectivity index (χ2n) is 17.2. The van der Waals surface area contributed by atoms with E-state index in [1.807, 2.05) is 0 Å². The van der Waals surface area contributed by atoms with Crippen LogP contribution in [0.3, 0.4) is 0 Å². The van der Waals surface area contributed by atoms with Crippen molar-refractivity contribution in [3.63, 3.8) is 0 Å². The van der Waals surface area contributed by atoms with Crippen LogP contribution < -0.4 is 5.32 Å². The molecule has 1 aliphatic carbocycles. The highest BCUT2D eigenvalue weighted by molar-refractivity contribution is 5.96. The molecule has 53 heavy (non-hydrogen) atoms. The van der Waals surface area contributed by atoms with Crippen molar-refractivity contribution in [3.8, 4) is 11.3 Å². The van der Waals surface area contributed by atoms with Gasteiger partial charge in [0.15, 0.2) is 0 Å². The quantitative estimate of drug-likeness (QED) is 0.104. The Hall–Kier alpha value is -4.31. The first-order valence-electron chi connectivity index (χ1n) is 19.3. The lowest BCUT2D eigenvalue weighted by Crippen LogP contribution is -2.46. The zero-order chi connectivity index (χ0) is 38.7. The minimum Gasteiger partial charge on any atom is -0.444 e. The number of aromatic nitrogens is 3. The van der Waals surface area contributed by atoms with Gasteiger partial charge < -0.3 is 29.7 Å². The van der Waals surface area contributed by atoms with Gasteiger partial charge in [-0.05, 0) is 94.6 Å². The molecule has 10 nitrogen and oxygen atoms in total. The molecule has 1 aromatic carbocycles. The number of fused-ring (bicyclic) bond motifs is 1. The number of hydrogen-bond acceptors (Lipinski definition) is 8. The van der Waals surface area contributed by atoms with Crippen molar-refractivity contribution < 1.29 is 14.3 Å². The number of benzene rings is 1. The molecule has 10 heteroatoms. The highest BCUT2D eigenvalue weighted by atomic mass is 16.6. The number of rotatable bonds is 13. The van der Waals surface area contributed by atoms with Gasteiger partial charge in [-0.25, -0.2) is 9.78 Å². The molecule has 2 aromatic heterocycles. The molecule has 3 aromatic rings. The van der Waals surface area contributed by atoms with Gasteiger partial charge in [-0.1, -0.05) is 46.3 Å². The van der Waals surface area contributed by atoms with E-state index in [1.165, 1.54) is 40.6 Å². The van der Waals surface area contributed by atoms with Gasteiger partial charge in [-0.15, -0.1) is 0 Å². The molecule has 2 fully saturated rings. The van der Waals surface area contributed by atoms with Crippen LogP contribution in [0.4, 0.5) is 4.79 Å². The molecule has 5 rings (SSSR count). The number of aryl methyl sites for hydroxylation is 1. The van der Waals surface area contributed by atoms with Crippen molar-refractivity contribution in [2.75, 3.05) is 26.2 Å². The van der Waals surface area contributed by atoms with Crippen molar-refractivity contribution in [1.29, 1.82) is 5.41 Å². The third kappa shape index (κ3) is 10.0. The number of allylic oxidation sites excluding steroid dienone is 4. The van der Waals surface area contributed by atoms with Gasteiger partial charge in [0.1, 0.15) is 11.9 Å². The van der Waals surface area contributed by atoms with Crippen molar-refractivity contribution in [1.82, 2.24) is 29.7 Å². The lowest BCUT2D eigenvalue weighted by Gasteiger charge is -2.36. The van der Waals surface area contributed by atoms with Crippen LogP contribution in [0.5, 0.6) is 0 Å². The Morgan fingerprint density at radius 3 is 2.34 bits per heavy atom. The summed E-state index contributed by atoms with van der Waals surface area (Å²) in [6, 6.07) is 6.48. The first-order chi connectivity index (χ1) is 25.0. The van der Waals surface area contributed by atoms with E-state index in [-0.39, 0.29) is 11.8 Å². The van der Waals surface area contributed by atoms with Gasteiger partial charge in [-0.3, -0.25) is 9.88 Å². The van der Waals surface area contributed by atoms with E-state index in [9.17, 15) is 9.59 Å². The summed E-state index contributed by atoms with van der Waals surface area (Å²) in [6.45, 7) is 25.9. The lowest BCUT2D eigenvalue weighted by atomic mass is 9.84. The van der Waals surface area contributed by atoms with Gasteiger partial charge in [0.25, 0.3) is 0 Å². The number of alkyl carbamates (subject to hydrolysis) is 1. The SMILES string of the molecule is CCn1c(C(/C=C(\C=N)N2CCN(C3CC3)CC2)=C(C)C(C)C)c(CC(C)(C)C)c2cc(-c3cncc(CC(C=O)NC(=O)OC(C)(C)C)n3)ccc21. The Morgan fingerprint density at radius 1 is 1.08 bits per heavy atom. The number of nitrogens with zero attached hydrogens (tertiary/aromatic N) is 5. The Kier molecular flexibility index (Phi) is 12.3. The predicted molar refractivity (Wildman–Crippen MR) is 215 cm³/mol. The number of carbonyl (C=O) groups is 2. The molecule has 2 N–H and O–H groups in total. The van der Waals surface area contributed by atoms with E-state index >= 15 is 0 Å². The fourth-order valence-corrected chi connectivity index (χ4v) is 7.23. The highest BCUT2D eigenvalue weighted by Gasteiger charge is 2.32. The normalized spacial score (nSPS) is 17.2. The van der Waals surface area contributed by atoms with Gasteiger partial charge in [-0.2, -0.15) is 0 Å². The monoisotopic (exact) mass is 723 g/mol.